The summed E-state index contributed by atoms with van der Waals surface area (Å²) in [5, 5.41) is 0. The first-order valence-corrected chi connectivity index (χ1v) is 8.36. The molecule has 0 spiro atoms. The van der Waals surface area contributed by atoms with Crippen LogP contribution in [-0.2, 0) is 11.3 Å². The van der Waals surface area contributed by atoms with Crippen molar-refractivity contribution >= 4 is 17.5 Å². The van der Waals surface area contributed by atoms with E-state index in [2.05, 4.69) is 35.2 Å². The average Bonchev–Trinajstić information content (AvgIpc) is 2.53. The van der Waals surface area contributed by atoms with Gasteiger partial charge in [0.1, 0.15) is 5.88 Å². The van der Waals surface area contributed by atoms with Crippen molar-refractivity contribution in [2.24, 2.45) is 5.92 Å². The van der Waals surface area contributed by atoms with E-state index in [4.69, 9.17) is 11.6 Å². The van der Waals surface area contributed by atoms with Crippen LogP contribution in [-0.4, -0.2) is 47.8 Å². The monoisotopic (exact) mass is 308 g/mol. The summed E-state index contributed by atoms with van der Waals surface area (Å²) in [6.45, 7) is 6.85. The van der Waals surface area contributed by atoms with Gasteiger partial charge in [0, 0.05) is 26.2 Å². The van der Waals surface area contributed by atoms with Gasteiger partial charge in [-0.25, -0.2) is 0 Å². The fraction of sp³-hybridized carbons (Fsp3) is 0.588. The van der Waals surface area contributed by atoms with Crippen LogP contribution in [0, 0.1) is 5.92 Å². The van der Waals surface area contributed by atoms with Gasteiger partial charge in [-0.1, -0.05) is 30.3 Å². The molecule has 1 amide bonds. The second kappa shape index (κ2) is 8.40. The number of hydrogen-bond donors (Lipinski definition) is 0. The Kier molecular flexibility index (Phi) is 6.52. The maximum Gasteiger partial charge on any atom is 0.237 e. The van der Waals surface area contributed by atoms with Gasteiger partial charge in [-0.05, 0) is 37.8 Å². The van der Waals surface area contributed by atoms with Crippen LogP contribution < -0.4 is 0 Å². The maximum atomic E-state index is 11.8. The Morgan fingerprint density at radius 2 is 2.14 bits per heavy atom. The minimum atomic E-state index is 0.0550. The largest absolute Gasteiger partial charge is 0.342 e. The van der Waals surface area contributed by atoms with Crippen LogP contribution >= 0.6 is 11.6 Å². The fourth-order valence-electron chi connectivity index (χ4n) is 3.09. The van der Waals surface area contributed by atoms with Crippen molar-refractivity contribution in [1.82, 2.24) is 9.80 Å². The Labute approximate surface area is 132 Å². The summed E-state index contributed by atoms with van der Waals surface area (Å²) in [7, 11) is 0. The molecule has 3 nitrogen and oxygen atoms in total. The minimum Gasteiger partial charge on any atom is -0.342 e. The van der Waals surface area contributed by atoms with Gasteiger partial charge in [-0.2, -0.15) is 0 Å². The molecule has 0 aliphatic carbocycles. The van der Waals surface area contributed by atoms with Crippen molar-refractivity contribution in [3.05, 3.63) is 35.9 Å². The highest BCUT2D eigenvalue weighted by atomic mass is 35.5. The van der Waals surface area contributed by atoms with Crippen LogP contribution in [0.3, 0.4) is 0 Å². The third-order valence-corrected chi connectivity index (χ3v) is 4.41. The Bertz CT molecular complexity index is 438. The Morgan fingerprint density at radius 1 is 1.38 bits per heavy atom. The summed E-state index contributed by atoms with van der Waals surface area (Å²) >= 11 is 5.68. The van der Waals surface area contributed by atoms with E-state index in [1.165, 1.54) is 18.4 Å². The van der Waals surface area contributed by atoms with E-state index >= 15 is 0 Å². The molecule has 1 aromatic rings. The van der Waals surface area contributed by atoms with Crippen molar-refractivity contribution in [2.45, 2.75) is 26.3 Å². The molecule has 1 aliphatic heterocycles. The van der Waals surface area contributed by atoms with Gasteiger partial charge < -0.3 is 4.90 Å². The summed E-state index contributed by atoms with van der Waals surface area (Å²) < 4.78 is 0. The second-order valence-electron chi connectivity index (χ2n) is 5.79. The topological polar surface area (TPSA) is 23.6 Å². The first-order chi connectivity index (χ1) is 10.2. The average molecular weight is 309 g/mol. The molecule has 1 atom stereocenters. The number of halogens is 1. The summed E-state index contributed by atoms with van der Waals surface area (Å²) in [6.07, 6.45) is 2.42. The molecule has 1 unspecified atom stereocenters. The predicted molar refractivity (Wildman–Crippen MR) is 87.4 cm³/mol. The van der Waals surface area contributed by atoms with Crippen LogP contribution in [0.1, 0.15) is 25.3 Å². The normalized spacial score (nSPS) is 19.4. The van der Waals surface area contributed by atoms with Crippen molar-refractivity contribution in [3.63, 3.8) is 0 Å². The number of likely N-dealkylation sites (tertiary alicyclic amines) is 1. The number of rotatable bonds is 6. The SMILES string of the molecule is CCN(CC1CCCN(Cc2ccccc2)C1)C(=O)CCl. The van der Waals surface area contributed by atoms with E-state index in [1.54, 1.807) is 0 Å². The van der Waals surface area contributed by atoms with E-state index in [0.717, 1.165) is 32.7 Å². The molecular formula is C17H25ClN2O. The smallest absolute Gasteiger partial charge is 0.237 e. The number of alkyl halides is 1. The number of carbonyl (C=O) groups excluding carboxylic acids is 1. The number of piperidine rings is 1. The predicted octanol–water partition coefficient (Wildman–Crippen LogP) is 2.99. The number of nitrogens with zero attached hydrogens (tertiary/aromatic N) is 2. The van der Waals surface area contributed by atoms with Crippen molar-refractivity contribution in [1.29, 1.82) is 0 Å². The lowest BCUT2D eigenvalue weighted by molar-refractivity contribution is -0.129. The molecule has 0 bridgehead atoms. The molecule has 1 saturated heterocycles. The van der Waals surface area contributed by atoms with E-state index in [-0.39, 0.29) is 11.8 Å². The number of amides is 1. The Balaban J connectivity index is 1.87. The van der Waals surface area contributed by atoms with Crippen LogP contribution in [0.15, 0.2) is 30.3 Å². The van der Waals surface area contributed by atoms with E-state index < -0.39 is 0 Å². The first-order valence-electron chi connectivity index (χ1n) is 7.83. The summed E-state index contributed by atoms with van der Waals surface area (Å²) in [4.78, 5) is 16.2. The van der Waals surface area contributed by atoms with Crippen LogP contribution in [0.4, 0.5) is 0 Å². The summed E-state index contributed by atoms with van der Waals surface area (Å²) in [6, 6.07) is 10.6. The van der Waals surface area contributed by atoms with Gasteiger partial charge >= 0.3 is 0 Å². The molecular weight excluding hydrogens is 284 g/mol. The molecule has 0 aromatic heterocycles. The fourth-order valence-corrected chi connectivity index (χ4v) is 3.26. The standard InChI is InChI=1S/C17H25ClN2O/c1-2-20(17(21)11-18)14-16-9-6-10-19(13-16)12-15-7-4-3-5-8-15/h3-5,7-8,16H,2,6,9-14H2,1H3. The second-order valence-corrected chi connectivity index (χ2v) is 6.06. The van der Waals surface area contributed by atoms with Gasteiger partial charge in [0.15, 0.2) is 0 Å². The zero-order chi connectivity index (χ0) is 15.1. The lowest BCUT2D eigenvalue weighted by Gasteiger charge is -2.35. The third kappa shape index (κ3) is 5.01. The zero-order valence-corrected chi connectivity index (χ0v) is 13.6. The van der Waals surface area contributed by atoms with E-state index in [9.17, 15) is 4.79 Å². The van der Waals surface area contributed by atoms with Gasteiger partial charge in [-0.15, -0.1) is 11.6 Å². The highest BCUT2D eigenvalue weighted by molar-refractivity contribution is 6.27. The number of carbonyl (C=O) groups is 1. The molecule has 1 heterocycles. The molecule has 1 aromatic carbocycles. The van der Waals surface area contributed by atoms with Crippen molar-refractivity contribution < 1.29 is 4.79 Å². The lowest BCUT2D eigenvalue weighted by atomic mass is 9.97. The molecule has 4 heteroatoms. The first kappa shape index (κ1) is 16.3. The highest BCUT2D eigenvalue weighted by Crippen LogP contribution is 2.19. The van der Waals surface area contributed by atoms with Gasteiger partial charge in [0.25, 0.3) is 0 Å². The lowest BCUT2D eigenvalue weighted by Crippen LogP contribution is -2.43. The highest BCUT2D eigenvalue weighted by Gasteiger charge is 2.23. The minimum absolute atomic E-state index is 0.0550. The van der Waals surface area contributed by atoms with Gasteiger partial charge in [0.2, 0.25) is 5.91 Å². The summed E-state index contributed by atoms with van der Waals surface area (Å²) in [5.41, 5.74) is 1.36. The quantitative estimate of drug-likeness (QED) is 0.754. The molecule has 1 aliphatic rings. The molecule has 0 radical (unpaired) electrons. The van der Waals surface area contributed by atoms with E-state index in [1.807, 2.05) is 11.8 Å². The number of benzene rings is 1. The van der Waals surface area contributed by atoms with Crippen molar-refractivity contribution in [3.8, 4) is 0 Å². The maximum absolute atomic E-state index is 11.8. The molecule has 21 heavy (non-hydrogen) atoms. The van der Waals surface area contributed by atoms with Crippen LogP contribution in [0.25, 0.3) is 0 Å². The molecule has 116 valence electrons. The molecule has 1 fully saturated rings. The Hall–Kier alpha value is -1.06. The van der Waals surface area contributed by atoms with Crippen molar-refractivity contribution in [2.75, 3.05) is 32.1 Å². The number of hydrogen-bond acceptors (Lipinski definition) is 2. The van der Waals surface area contributed by atoms with E-state index in [0.29, 0.717) is 5.92 Å². The van der Waals surface area contributed by atoms with Crippen LogP contribution in [0.5, 0.6) is 0 Å². The molecule has 0 saturated carbocycles. The molecule has 2 rings (SSSR count). The Morgan fingerprint density at radius 3 is 2.81 bits per heavy atom. The molecule has 0 N–H and O–H groups in total. The zero-order valence-electron chi connectivity index (χ0n) is 12.8. The van der Waals surface area contributed by atoms with Gasteiger partial charge in [-0.3, -0.25) is 9.69 Å². The summed E-state index contributed by atoms with van der Waals surface area (Å²) in [5.74, 6) is 0.711. The van der Waals surface area contributed by atoms with Gasteiger partial charge in [0.05, 0.1) is 0 Å². The van der Waals surface area contributed by atoms with Crippen LogP contribution in [0.2, 0.25) is 0 Å². The third-order valence-electron chi connectivity index (χ3n) is 4.18.